The van der Waals surface area contributed by atoms with Crippen molar-refractivity contribution in [3.63, 3.8) is 0 Å². The van der Waals surface area contributed by atoms with E-state index in [2.05, 4.69) is 61.5 Å². The Labute approximate surface area is 115 Å². The van der Waals surface area contributed by atoms with Gasteiger partial charge in [0.2, 0.25) is 0 Å². The van der Waals surface area contributed by atoms with E-state index in [-0.39, 0.29) is 5.41 Å². The molecule has 2 aromatic rings. The number of nitrogens with zero attached hydrogens (tertiary/aromatic N) is 1. The van der Waals surface area contributed by atoms with Crippen LogP contribution in [0, 0.1) is 11.3 Å². The van der Waals surface area contributed by atoms with E-state index in [0.717, 1.165) is 18.4 Å². The third kappa shape index (κ3) is 3.03. The van der Waals surface area contributed by atoms with Gasteiger partial charge in [-0.2, -0.15) is 5.26 Å². The highest BCUT2D eigenvalue weighted by Crippen LogP contribution is 2.27. The van der Waals surface area contributed by atoms with E-state index in [1.807, 2.05) is 13.0 Å². The normalized spacial score (nSPS) is 13.5. The van der Waals surface area contributed by atoms with Crippen molar-refractivity contribution in [2.45, 2.75) is 32.1 Å². The summed E-state index contributed by atoms with van der Waals surface area (Å²) in [6, 6.07) is 21.3. The molecule has 0 N–H and O–H groups in total. The molecule has 0 bridgehead atoms. The van der Waals surface area contributed by atoms with E-state index >= 15 is 0 Å². The molecule has 1 heteroatoms. The molecule has 2 rings (SSSR count). The Bertz CT molecular complexity index is 580. The van der Waals surface area contributed by atoms with Gasteiger partial charge in [-0.3, -0.25) is 0 Å². The predicted octanol–water partition coefficient (Wildman–Crippen LogP) is 4.47. The van der Waals surface area contributed by atoms with Crippen molar-refractivity contribution < 1.29 is 0 Å². The van der Waals surface area contributed by atoms with Crippen molar-refractivity contribution in [2.75, 3.05) is 0 Å². The second-order valence-electron chi connectivity index (χ2n) is 5.16. The molecule has 1 unspecified atom stereocenters. The molecule has 0 amide bonds. The van der Waals surface area contributed by atoms with Gasteiger partial charge in [-0.05, 0) is 36.5 Å². The van der Waals surface area contributed by atoms with Gasteiger partial charge in [-0.1, -0.05) is 61.5 Å². The highest BCUT2D eigenvalue weighted by Gasteiger charge is 2.23. The van der Waals surface area contributed by atoms with Crippen molar-refractivity contribution in [3.8, 4) is 6.07 Å². The van der Waals surface area contributed by atoms with E-state index in [0.29, 0.717) is 0 Å². The van der Waals surface area contributed by atoms with Gasteiger partial charge in [0.05, 0.1) is 11.5 Å². The molecule has 19 heavy (non-hydrogen) atoms. The first-order valence-corrected chi connectivity index (χ1v) is 6.72. The Balaban J connectivity index is 2.28. The highest BCUT2D eigenvalue weighted by molar-refractivity contribution is 5.36. The summed E-state index contributed by atoms with van der Waals surface area (Å²) in [5.41, 5.74) is 3.30. The van der Waals surface area contributed by atoms with E-state index < -0.39 is 0 Å². The summed E-state index contributed by atoms with van der Waals surface area (Å²) in [4.78, 5) is 0. The summed E-state index contributed by atoms with van der Waals surface area (Å²) < 4.78 is 0. The fraction of sp³-hybridized carbons (Fsp3) is 0.278. The number of hydrogen-bond donors (Lipinski definition) is 0. The zero-order valence-electron chi connectivity index (χ0n) is 11.6. The molecule has 96 valence electrons. The number of rotatable bonds is 4. The SMILES string of the molecule is CCC(C)(C#N)c1cccc(Cc2ccccc2)c1. The molecule has 1 nitrogen and oxygen atoms in total. The molecule has 0 saturated carbocycles. The van der Waals surface area contributed by atoms with Crippen molar-refractivity contribution >= 4 is 0 Å². The Kier molecular flexibility index (Phi) is 4.02. The molecular weight excluding hydrogens is 230 g/mol. The van der Waals surface area contributed by atoms with Crippen LogP contribution in [0.15, 0.2) is 54.6 Å². The number of nitriles is 1. The van der Waals surface area contributed by atoms with Crippen molar-refractivity contribution in [2.24, 2.45) is 0 Å². The lowest BCUT2D eigenvalue weighted by molar-refractivity contribution is 0.586. The summed E-state index contributed by atoms with van der Waals surface area (Å²) >= 11 is 0. The zero-order chi connectivity index (χ0) is 13.7. The van der Waals surface area contributed by atoms with Crippen molar-refractivity contribution in [1.29, 1.82) is 5.26 Å². The number of hydrogen-bond acceptors (Lipinski definition) is 1. The fourth-order valence-electron chi connectivity index (χ4n) is 2.20. The third-order valence-corrected chi connectivity index (χ3v) is 3.77. The Hall–Kier alpha value is -2.07. The quantitative estimate of drug-likeness (QED) is 0.784. The predicted molar refractivity (Wildman–Crippen MR) is 78.9 cm³/mol. The molecule has 0 fully saturated rings. The molecule has 0 aliphatic heterocycles. The topological polar surface area (TPSA) is 23.8 Å². The van der Waals surface area contributed by atoms with Crippen molar-refractivity contribution in [3.05, 3.63) is 71.3 Å². The molecule has 2 aromatic carbocycles. The lowest BCUT2D eigenvalue weighted by atomic mass is 9.81. The van der Waals surface area contributed by atoms with Gasteiger partial charge in [0.25, 0.3) is 0 Å². The van der Waals surface area contributed by atoms with Gasteiger partial charge in [-0.25, -0.2) is 0 Å². The standard InChI is InChI=1S/C18H19N/c1-3-18(2,14-19)17-11-7-10-16(13-17)12-15-8-5-4-6-9-15/h4-11,13H,3,12H2,1-2H3. The van der Waals surface area contributed by atoms with Gasteiger partial charge < -0.3 is 0 Å². The minimum Gasteiger partial charge on any atom is -0.197 e. The Morgan fingerprint density at radius 1 is 1.00 bits per heavy atom. The van der Waals surface area contributed by atoms with E-state index in [4.69, 9.17) is 0 Å². The van der Waals surface area contributed by atoms with Crippen LogP contribution in [-0.2, 0) is 11.8 Å². The summed E-state index contributed by atoms with van der Waals surface area (Å²) in [6.07, 6.45) is 1.75. The molecule has 0 aromatic heterocycles. The van der Waals surface area contributed by atoms with Crippen LogP contribution in [0.4, 0.5) is 0 Å². The molecule has 0 aliphatic carbocycles. The van der Waals surface area contributed by atoms with Crippen LogP contribution in [0.25, 0.3) is 0 Å². The molecule has 0 spiro atoms. The largest absolute Gasteiger partial charge is 0.197 e. The van der Waals surface area contributed by atoms with Crippen LogP contribution < -0.4 is 0 Å². The minimum atomic E-state index is -0.382. The van der Waals surface area contributed by atoms with Gasteiger partial charge in [0.1, 0.15) is 0 Å². The molecule has 0 heterocycles. The summed E-state index contributed by atoms with van der Waals surface area (Å²) in [5, 5.41) is 9.37. The molecule has 0 saturated heterocycles. The van der Waals surface area contributed by atoms with Crippen LogP contribution >= 0.6 is 0 Å². The van der Waals surface area contributed by atoms with Gasteiger partial charge in [0, 0.05) is 0 Å². The van der Waals surface area contributed by atoms with E-state index in [1.54, 1.807) is 0 Å². The smallest absolute Gasteiger partial charge is 0.0791 e. The summed E-state index contributed by atoms with van der Waals surface area (Å²) in [7, 11) is 0. The molecule has 1 atom stereocenters. The Morgan fingerprint density at radius 2 is 1.68 bits per heavy atom. The first kappa shape index (κ1) is 13.4. The van der Waals surface area contributed by atoms with Crippen LogP contribution in [0.3, 0.4) is 0 Å². The van der Waals surface area contributed by atoms with Crippen LogP contribution in [0.1, 0.15) is 37.0 Å². The Morgan fingerprint density at radius 3 is 2.32 bits per heavy atom. The van der Waals surface area contributed by atoms with Gasteiger partial charge >= 0.3 is 0 Å². The molecular formula is C18H19N. The monoisotopic (exact) mass is 249 g/mol. The van der Waals surface area contributed by atoms with Crippen LogP contribution in [0.2, 0.25) is 0 Å². The van der Waals surface area contributed by atoms with Crippen molar-refractivity contribution in [1.82, 2.24) is 0 Å². The second kappa shape index (κ2) is 5.71. The van der Waals surface area contributed by atoms with Crippen LogP contribution in [-0.4, -0.2) is 0 Å². The summed E-state index contributed by atoms with van der Waals surface area (Å²) in [6.45, 7) is 4.07. The lowest BCUT2D eigenvalue weighted by Gasteiger charge is -2.20. The maximum atomic E-state index is 9.37. The maximum absolute atomic E-state index is 9.37. The minimum absolute atomic E-state index is 0.382. The number of benzene rings is 2. The molecule has 0 radical (unpaired) electrons. The summed E-state index contributed by atoms with van der Waals surface area (Å²) in [5.74, 6) is 0. The van der Waals surface area contributed by atoms with Crippen LogP contribution in [0.5, 0.6) is 0 Å². The van der Waals surface area contributed by atoms with Gasteiger partial charge in [-0.15, -0.1) is 0 Å². The van der Waals surface area contributed by atoms with Gasteiger partial charge in [0.15, 0.2) is 0 Å². The second-order valence-corrected chi connectivity index (χ2v) is 5.16. The average Bonchev–Trinajstić information content (AvgIpc) is 2.48. The molecule has 0 aliphatic rings. The average molecular weight is 249 g/mol. The fourth-order valence-corrected chi connectivity index (χ4v) is 2.20. The third-order valence-electron chi connectivity index (χ3n) is 3.77. The first-order chi connectivity index (χ1) is 9.18. The zero-order valence-corrected chi connectivity index (χ0v) is 11.6. The van der Waals surface area contributed by atoms with E-state index in [9.17, 15) is 5.26 Å². The lowest BCUT2D eigenvalue weighted by Crippen LogP contribution is -2.18. The first-order valence-electron chi connectivity index (χ1n) is 6.72. The van der Waals surface area contributed by atoms with E-state index in [1.165, 1.54) is 11.1 Å². The highest BCUT2D eigenvalue weighted by atomic mass is 14.3. The maximum Gasteiger partial charge on any atom is 0.0791 e.